The van der Waals surface area contributed by atoms with Crippen LogP contribution in [0.25, 0.3) is 11.3 Å². The number of nitro benzene ring substituents is 1. The molecular formula is C16H11ClN2O4. The highest BCUT2D eigenvalue weighted by atomic mass is 35.5. The summed E-state index contributed by atoms with van der Waals surface area (Å²) in [6.07, 6.45) is 1.56. The van der Waals surface area contributed by atoms with Gasteiger partial charge in [-0.2, -0.15) is 0 Å². The average Bonchev–Trinajstić information content (AvgIpc) is 3.02. The second-order valence-corrected chi connectivity index (χ2v) is 5.08. The average molecular weight is 331 g/mol. The number of para-hydroxylation sites is 2. The molecule has 2 aromatic carbocycles. The second kappa shape index (κ2) is 6.50. The first kappa shape index (κ1) is 15.1. The van der Waals surface area contributed by atoms with Gasteiger partial charge in [-0.25, -0.2) is 4.98 Å². The molecule has 0 aliphatic heterocycles. The van der Waals surface area contributed by atoms with Gasteiger partial charge in [-0.05, 0) is 18.2 Å². The fourth-order valence-corrected chi connectivity index (χ4v) is 2.21. The Morgan fingerprint density at radius 1 is 1.22 bits per heavy atom. The van der Waals surface area contributed by atoms with E-state index in [0.29, 0.717) is 16.7 Å². The van der Waals surface area contributed by atoms with E-state index < -0.39 is 4.92 Å². The molecule has 0 saturated carbocycles. The van der Waals surface area contributed by atoms with E-state index in [0.717, 1.165) is 5.56 Å². The molecule has 3 rings (SSSR count). The van der Waals surface area contributed by atoms with E-state index in [4.69, 9.17) is 20.8 Å². The lowest BCUT2D eigenvalue weighted by atomic mass is 10.2. The Bertz CT molecular complexity index is 847. The summed E-state index contributed by atoms with van der Waals surface area (Å²) in [5, 5.41) is 11.5. The predicted molar refractivity (Wildman–Crippen MR) is 84.4 cm³/mol. The van der Waals surface area contributed by atoms with Crippen molar-refractivity contribution in [3.8, 4) is 17.1 Å². The summed E-state index contributed by atoms with van der Waals surface area (Å²) in [6, 6.07) is 13.3. The standard InChI is InChI=1S/C16H11ClN2O4/c17-12-5-3-4-11(8-12)15-9-18-16(23-15)10-22-14-7-2-1-6-13(14)19(20)21/h1-9H,10H2. The lowest BCUT2D eigenvalue weighted by Crippen LogP contribution is -1.98. The zero-order valence-electron chi connectivity index (χ0n) is 11.8. The van der Waals surface area contributed by atoms with Crippen molar-refractivity contribution in [1.29, 1.82) is 0 Å². The third-order valence-electron chi connectivity index (χ3n) is 3.08. The van der Waals surface area contributed by atoms with Gasteiger partial charge in [0.2, 0.25) is 5.89 Å². The summed E-state index contributed by atoms with van der Waals surface area (Å²) in [4.78, 5) is 14.5. The SMILES string of the molecule is O=[N+]([O-])c1ccccc1OCc1ncc(-c2cccc(Cl)c2)o1. The lowest BCUT2D eigenvalue weighted by Gasteiger charge is -2.03. The Morgan fingerprint density at radius 2 is 2.04 bits per heavy atom. The smallest absolute Gasteiger partial charge is 0.310 e. The van der Waals surface area contributed by atoms with Crippen molar-refractivity contribution in [2.45, 2.75) is 6.61 Å². The maximum Gasteiger partial charge on any atom is 0.310 e. The van der Waals surface area contributed by atoms with Gasteiger partial charge in [0.05, 0.1) is 11.1 Å². The highest BCUT2D eigenvalue weighted by Gasteiger charge is 2.15. The van der Waals surface area contributed by atoms with Crippen LogP contribution in [-0.4, -0.2) is 9.91 Å². The molecule has 0 N–H and O–H groups in total. The quantitative estimate of drug-likeness (QED) is 0.509. The normalized spacial score (nSPS) is 10.5. The van der Waals surface area contributed by atoms with Crippen molar-refractivity contribution >= 4 is 17.3 Å². The molecule has 0 aliphatic carbocycles. The first-order chi connectivity index (χ1) is 11.1. The number of benzene rings is 2. The zero-order valence-corrected chi connectivity index (χ0v) is 12.6. The fourth-order valence-electron chi connectivity index (χ4n) is 2.02. The minimum atomic E-state index is -0.498. The van der Waals surface area contributed by atoms with Crippen LogP contribution in [0.5, 0.6) is 5.75 Å². The minimum Gasteiger partial charge on any atom is -0.477 e. The molecule has 0 amide bonds. The highest BCUT2D eigenvalue weighted by Crippen LogP contribution is 2.27. The number of hydrogen-bond acceptors (Lipinski definition) is 5. The van der Waals surface area contributed by atoms with E-state index in [1.165, 1.54) is 12.1 Å². The molecule has 1 heterocycles. The van der Waals surface area contributed by atoms with Gasteiger partial charge in [-0.1, -0.05) is 35.9 Å². The summed E-state index contributed by atoms with van der Waals surface area (Å²) >= 11 is 5.94. The Labute approximate surface area is 136 Å². The molecule has 23 heavy (non-hydrogen) atoms. The van der Waals surface area contributed by atoms with E-state index in [1.54, 1.807) is 30.5 Å². The summed E-state index contributed by atoms with van der Waals surface area (Å²) in [6.45, 7) is -0.00851. The van der Waals surface area contributed by atoms with Crippen molar-refractivity contribution in [2.24, 2.45) is 0 Å². The molecule has 0 aliphatic rings. The molecule has 116 valence electrons. The number of ether oxygens (including phenoxy) is 1. The minimum absolute atomic E-state index is 0.00851. The van der Waals surface area contributed by atoms with Crippen molar-refractivity contribution in [3.63, 3.8) is 0 Å². The maximum absolute atomic E-state index is 10.9. The topological polar surface area (TPSA) is 78.4 Å². The number of aromatic nitrogens is 1. The number of rotatable bonds is 5. The van der Waals surface area contributed by atoms with Crippen molar-refractivity contribution in [2.75, 3.05) is 0 Å². The van der Waals surface area contributed by atoms with Gasteiger partial charge < -0.3 is 9.15 Å². The van der Waals surface area contributed by atoms with Crippen LogP contribution in [0.3, 0.4) is 0 Å². The largest absolute Gasteiger partial charge is 0.477 e. The Kier molecular flexibility index (Phi) is 4.25. The Morgan fingerprint density at radius 3 is 2.83 bits per heavy atom. The zero-order chi connectivity index (χ0) is 16.2. The third-order valence-corrected chi connectivity index (χ3v) is 3.31. The Hall–Kier alpha value is -2.86. The summed E-state index contributed by atoms with van der Waals surface area (Å²) in [7, 11) is 0. The van der Waals surface area contributed by atoms with E-state index >= 15 is 0 Å². The number of nitrogens with zero attached hydrogens (tertiary/aromatic N) is 2. The van der Waals surface area contributed by atoms with Gasteiger partial charge in [-0.15, -0.1) is 0 Å². The molecule has 0 unspecified atom stereocenters. The van der Waals surface area contributed by atoms with Gasteiger partial charge in [0.1, 0.15) is 0 Å². The molecule has 1 aromatic heterocycles. The molecule has 0 atom stereocenters. The van der Waals surface area contributed by atoms with Gasteiger partial charge in [0.25, 0.3) is 0 Å². The number of hydrogen-bond donors (Lipinski definition) is 0. The molecule has 0 bridgehead atoms. The first-order valence-electron chi connectivity index (χ1n) is 6.70. The second-order valence-electron chi connectivity index (χ2n) is 4.64. The number of oxazole rings is 1. The summed E-state index contributed by atoms with van der Waals surface area (Å²) < 4.78 is 11.0. The molecule has 6 nitrogen and oxygen atoms in total. The van der Waals surface area contributed by atoms with Crippen molar-refractivity contribution < 1.29 is 14.1 Å². The van der Waals surface area contributed by atoms with Gasteiger partial charge >= 0.3 is 5.69 Å². The van der Waals surface area contributed by atoms with E-state index in [-0.39, 0.29) is 18.0 Å². The highest BCUT2D eigenvalue weighted by molar-refractivity contribution is 6.30. The molecule has 0 spiro atoms. The summed E-state index contributed by atoms with van der Waals surface area (Å²) in [5.41, 5.74) is 0.691. The van der Waals surface area contributed by atoms with Gasteiger partial charge in [0.15, 0.2) is 18.1 Å². The number of halogens is 1. The molecule has 0 fully saturated rings. The van der Waals surface area contributed by atoms with E-state index in [2.05, 4.69) is 4.98 Å². The maximum atomic E-state index is 10.9. The van der Waals surface area contributed by atoms with E-state index in [9.17, 15) is 10.1 Å². The molecule has 0 saturated heterocycles. The van der Waals surface area contributed by atoms with Crippen LogP contribution in [0, 0.1) is 10.1 Å². The molecule has 0 radical (unpaired) electrons. The van der Waals surface area contributed by atoms with Gasteiger partial charge in [-0.3, -0.25) is 10.1 Å². The van der Waals surface area contributed by atoms with Gasteiger partial charge in [0, 0.05) is 16.7 Å². The van der Waals surface area contributed by atoms with Crippen LogP contribution in [0.2, 0.25) is 5.02 Å². The van der Waals surface area contributed by atoms with Crippen LogP contribution < -0.4 is 4.74 Å². The van der Waals surface area contributed by atoms with Crippen molar-refractivity contribution in [1.82, 2.24) is 4.98 Å². The fraction of sp³-hybridized carbons (Fsp3) is 0.0625. The molecule has 3 aromatic rings. The first-order valence-corrected chi connectivity index (χ1v) is 7.08. The molecular weight excluding hydrogens is 320 g/mol. The summed E-state index contributed by atoms with van der Waals surface area (Å²) in [5.74, 6) is 1.03. The van der Waals surface area contributed by atoms with Crippen LogP contribution >= 0.6 is 11.6 Å². The van der Waals surface area contributed by atoms with Crippen molar-refractivity contribution in [3.05, 3.63) is 75.8 Å². The lowest BCUT2D eigenvalue weighted by molar-refractivity contribution is -0.386. The monoisotopic (exact) mass is 330 g/mol. The van der Waals surface area contributed by atoms with Crippen LogP contribution in [0.4, 0.5) is 5.69 Å². The predicted octanol–water partition coefficient (Wildman–Crippen LogP) is 4.48. The number of nitro groups is 1. The van der Waals surface area contributed by atoms with Crippen LogP contribution in [-0.2, 0) is 6.61 Å². The molecule has 7 heteroatoms. The van der Waals surface area contributed by atoms with Crippen LogP contribution in [0.1, 0.15) is 5.89 Å². The third kappa shape index (κ3) is 3.49. The Balaban J connectivity index is 1.74. The van der Waals surface area contributed by atoms with Crippen LogP contribution in [0.15, 0.2) is 59.1 Å². The van der Waals surface area contributed by atoms with E-state index in [1.807, 2.05) is 12.1 Å².